The molecule has 0 aromatic rings. The van der Waals surface area contributed by atoms with Crippen molar-refractivity contribution in [2.75, 3.05) is 13.1 Å². The van der Waals surface area contributed by atoms with Crippen LogP contribution in [0.4, 0.5) is 4.79 Å². The van der Waals surface area contributed by atoms with E-state index in [9.17, 15) is 9.59 Å². The van der Waals surface area contributed by atoms with Gasteiger partial charge in [0.1, 0.15) is 0 Å². The molecule has 0 aromatic heterocycles. The molecule has 2 amide bonds. The van der Waals surface area contributed by atoms with E-state index in [0.717, 1.165) is 19.3 Å². The fourth-order valence-corrected chi connectivity index (χ4v) is 2.91. The number of amides is 2. The van der Waals surface area contributed by atoms with E-state index in [-0.39, 0.29) is 12.1 Å². The molecule has 1 heterocycles. The molecule has 1 saturated heterocycles. The van der Waals surface area contributed by atoms with Gasteiger partial charge in [-0.1, -0.05) is 6.92 Å². The minimum absolute atomic E-state index is 0.0981. The zero-order valence-electron chi connectivity index (χ0n) is 11.1. The molecule has 2 aliphatic rings. The van der Waals surface area contributed by atoms with E-state index in [4.69, 9.17) is 5.11 Å². The Labute approximate surface area is 108 Å². The lowest BCUT2D eigenvalue weighted by atomic mass is 9.90. The summed E-state index contributed by atoms with van der Waals surface area (Å²) < 4.78 is 0. The summed E-state index contributed by atoms with van der Waals surface area (Å²) in [5, 5.41) is 12.2. The Balaban J connectivity index is 1.86. The minimum atomic E-state index is -0.813. The second-order valence-electron chi connectivity index (χ2n) is 6.10. The molecular formula is C13H22N2O3. The summed E-state index contributed by atoms with van der Waals surface area (Å²) in [5.41, 5.74) is -0.777. The van der Waals surface area contributed by atoms with Crippen LogP contribution in [0.5, 0.6) is 0 Å². The number of rotatable bonds is 2. The molecule has 3 atom stereocenters. The molecule has 0 spiro atoms. The average Bonchev–Trinajstić information content (AvgIpc) is 2.86. The number of likely N-dealkylation sites (tertiary alicyclic amines) is 1. The van der Waals surface area contributed by atoms with Crippen molar-refractivity contribution in [1.82, 2.24) is 10.2 Å². The molecule has 18 heavy (non-hydrogen) atoms. The summed E-state index contributed by atoms with van der Waals surface area (Å²) >= 11 is 0. The fraction of sp³-hybridized carbons (Fsp3) is 0.846. The van der Waals surface area contributed by atoms with Crippen LogP contribution >= 0.6 is 0 Å². The van der Waals surface area contributed by atoms with Gasteiger partial charge >= 0.3 is 12.0 Å². The van der Waals surface area contributed by atoms with Crippen molar-refractivity contribution in [3.63, 3.8) is 0 Å². The first-order valence-electron chi connectivity index (χ1n) is 6.69. The Kier molecular flexibility index (Phi) is 3.50. The van der Waals surface area contributed by atoms with E-state index < -0.39 is 11.4 Å². The second-order valence-corrected chi connectivity index (χ2v) is 6.10. The number of carboxylic acid groups (broad SMARTS) is 1. The number of aliphatic carboxylic acids is 1. The quantitative estimate of drug-likeness (QED) is 0.787. The topological polar surface area (TPSA) is 69.6 Å². The van der Waals surface area contributed by atoms with E-state index in [2.05, 4.69) is 12.2 Å². The normalized spacial score (nSPS) is 35.8. The molecular weight excluding hydrogens is 232 g/mol. The largest absolute Gasteiger partial charge is 0.481 e. The van der Waals surface area contributed by atoms with Crippen molar-refractivity contribution in [2.45, 2.75) is 45.6 Å². The number of carbonyl (C=O) groups excluding carboxylic acids is 1. The summed E-state index contributed by atoms with van der Waals surface area (Å²) in [5.74, 6) is -0.134. The van der Waals surface area contributed by atoms with Crippen LogP contribution in [0, 0.1) is 11.3 Å². The van der Waals surface area contributed by atoms with Gasteiger partial charge in [0.25, 0.3) is 0 Å². The lowest BCUT2D eigenvalue weighted by Crippen LogP contribution is -2.44. The number of hydrogen-bond acceptors (Lipinski definition) is 2. The second kappa shape index (κ2) is 4.78. The van der Waals surface area contributed by atoms with E-state index in [1.165, 1.54) is 0 Å². The summed E-state index contributed by atoms with van der Waals surface area (Å²) in [4.78, 5) is 24.8. The lowest BCUT2D eigenvalue weighted by molar-refractivity contribution is -0.146. The van der Waals surface area contributed by atoms with Gasteiger partial charge in [-0.3, -0.25) is 4.79 Å². The zero-order chi connectivity index (χ0) is 13.3. The van der Waals surface area contributed by atoms with Gasteiger partial charge in [0, 0.05) is 19.1 Å². The van der Waals surface area contributed by atoms with Crippen LogP contribution in [0.15, 0.2) is 0 Å². The number of hydrogen-bond donors (Lipinski definition) is 2. The van der Waals surface area contributed by atoms with Crippen molar-refractivity contribution in [3.05, 3.63) is 0 Å². The number of carbonyl (C=O) groups is 2. The smallest absolute Gasteiger partial charge is 0.317 e. The van der Waals surface area contributed by atoms with E-state index in [1.54, 1.807) is 11.8 Å². The Morgan fingerprint density at radius 2 is 2.11 bits per heavy atom. The van der Waals surface area contributed by atoms with Gasteiger partial charge in [0.2, 0.25) is 0 Å². The highest BCUT2D eigenvalue weighted by Crippen LogP contribution is 2.30. The van der Waals surface area contributed by atoms with Gasteiger partial charge in [0.05, 0.1) is 5.41 Å². The molecule has 0 aromatic carbocycles. The molecule has 2 fully saturated rings. The highest BCUT2D eigenvalue weighted by molar-refractivity contribution is 5.79. The number of nitrogens with one attached hydrogen (secondary N) is 1. The van der Waals surface area contributed by atoms with E-state index in [0.29, 0.717) is 25.4 Å². The first-order chi connectivity index (χ1) is 8.40. The third-order valence-corrected chi connectivity index (χ3v) is 4.30. The molecule has 2 N–H and O–H groups in total. The van der Waals surface area contributed by atoms with Gasteiger partial charge in [-0.25, -0.2) is 4.79 Å². The maximum Gasteiger partial charge on any atom is 0.317 e. The summed E-state index contributed by atoms with van der Waals surface area (Å²) in [7, 11) is 0. The standard InChI is InChI=1S/C13H22N2O3/c1-9-3-4-10(7-9)14-12(18)15-6-5-13(2,8-15)11(16)17/h9-10H,3-8H2,1-2H3,(H,14,18)(H,16,17). The van der Waals surface area contributed by atoms with Gasteiger partial charge in [-0.15, -0.1) is 0 Å². The molecule has 1 saturated carbocycles. The van der Waals surface area contributed by atoms with Crippen molar-refractivity contribution in [2.24, 2.45) is 11.3 Å². The van der Waals surface area contributed by atoms with Crippen LogP contribution in [0.1, 0.15) is 39.5 Å². The average molecular weight is 254 g/mol. The van der Waals surface area contributed by atoms with Crippen LogP contribution in [0.2, 0.25) is 0 Å². The minimum Gasteiger partial charge on any atom is -0.481 e. The molecule has 0 bridgehead atoms. The summed E-state index contributed by atoms with van der Waals surface area (Å²) in [6.45, 7) is 4.76. The zero-order valence-corrected chi connectivity index (χ0v) is 11.1. The van der Waals surface area contributed by atoms with Crippen LogP contribution in [0.25, 0.3) is 0 Å². The van der Waals surface area contributed by atoms with Crippen molar-refractivity contribution in [3.8, 4) is 0 Å². The van der Waals surface area contributed by atoms with Crippen molar-refractivity contribution in [1.29, 1.82) is 0 Å². The van der Waals surface area contributed by atoms with Gasteiger partial charge in [-0.2, -0.15) is 0 Å². The molecule has 0 radical (unpaired) electrons. The molecule has 5 heteroatoms. The van der Waals surface area contributed by atoms with Gasteiger partial charge in [0.15, 0.2) is 0 Å². The summed E-state index contributed by atoms with van der Waals surface area (Å²) in [6, 6.07) is 0.170. The summed E-state index contributed by atoms with van der Waals surface area (Å²) in [6.07, 6.45) is 3.78. The molecule has 3 unspecified atom stereocenters. The number of urea groups is 1. The van der Waals surface area contributed by atoms with Gasteiger partial charge < -0.3 is 15.3 Å². The monoisotopic (exact) mass is 254 g/mol. The van der Waals surface area contributed by atoms with E-state index >= 15 is 0 Å². The highest BCUT2D eigenvalue weighted by atomic mass is 16.4. The van der Waals surface area contributed by atoms with Crippen LogP contribution in [0.3, 0.4) is 0 Å². The van der Waals surface area contributed by atoms with Crippen LogP contribution in [-0.2, 0) is 4.79 Å². The first-order valence-corrected chi connectivity index (χ1v) is 6.69. The van der Waals surface area contributed by atoms with Gasteiger partial charge in [-0.05, 0) is 38.5 Å². The highest BCUT2D eigenvalue weighted by Gasteiger charge is 2.42. The molecule has 2 rings (SSSR count). The van der Waals surface area contributed by atoms with Crippen LogP contribution < -0.4 is 5.32 Å². The Morgan fingerprint density at radius 3 is 2.61 bits per heavy atom. The SMILES string of the molecule is CC1CCC(NC(=O)N2CCC(C)(C(=O)O)C2)C1. The number of nitrogens with zero attached hydrogens (tertiary/aromatic N) is 1. The third kappa shape index (κ3) is 2.60. The predicted octanol–water partition coefficient (Wildman–Crippen LogP) is 1.68. The first kappa shape index (κ1) is 13.2. The van der Waals surface area contributed by atoms with E-state index in [1.807, 2.05) is 0 Å². The molecule has 102 valence electrons. The van der Waals surface area contributed by atoms with Crippen molar-refractivity contribution < 1.29 is 14.7 Å². The third-order valence-electron chi connectivity index (χ3n) is 4.30. The maximum absolute atomic E-state index is 12.0. The Morgan fingerprint density at radius 1 is 1.39 bits per heavy atom. The number of carboxylic acids is 1. The van der Waals surface area contributed by atoms with Crippen LogP contribution in [-0.4, -0.2) is 41.1 Å². The Hall–Kier alpha value is -1.26. The lowest BCUT2D eigenvalue weighted by Gasteiger charge is -2.22. The Bertz CT molecular complexity index is 358. The predicted molar refractivity (Wildman–Crippen MR) is 67.3 cm³/mol. The maximum atomic E-state index is 12.0. The fourth-order valence-electron chi connectivity index (χ4n) is 2.91. The molecule has 1 aliphatic carbocycles. The molecule has 1 aliphatic heterocycles. The van der Waals surface area contributed by atoms with Crippen molar-refractivity contribution >= 4 is 12.0 Å². The molecule has 5 nitrogen and oxygen atoms in total.